The van der Waals surface area contributed by atoms with E-state index in [1.54, 1.807) is 0 Å². The molecule has 0 aromatic heterocycles. The molecule has 2 unspecified atom stereocenters. The van der Waals surface area contributed by atoms with Crippen LogP contribution in [0.15, 0.2) is 0 Å². The van der Waals surface area contributed by atoms with Crippen molar-refractivity contribution in [2.75, 3.05) is 6.61 Å². The van der Waals surface area contributed by atoms with Crippen molar-refractivity contribution in [3.05, 3.63) is 0 Å². The van der Waals surface area contributed by atoms with Crippen LogP contribution < -0.4 is 5.90 Å². The maximum Gasteiger partial charge on any atom is 0.0710 e. The van der Waals surface area contributed by atoms with Gasteiger partial charge in [-0.1, -0.05) is 6.92 Å². The summed E-state index contributed by atoms with van der Waals surface area (Å²) in [5.74, 6) is 6.46. The fourth-order valence-corrected chi connectivity index (χ4v) is 0.755. The van der Waals surface area contributed by atoms with Gasteiger partial charge in [-0.25, -0.2) is 5.90 Å². The average Bonchev–Trinajstić information content (AvgIpc) is 2.22. The second-order valence-electron chi connectivity index (χ2n) is 2.31. The second kappa shape index (κ2) is 1.80. The Morgan fingerprint density at radius 3 is 2.57 bits per heavy atom. The largest absolute Gasteiger partial charge is 0.304 e. The van der Waals surface area contributed by atoms with Crippen LogP contribution in [0.3, 0.4) is 0 Å². The number of rotatable bonds is 2. The van der Waals surface area contributed by atoms with E-state index in [2.05, 4.69) is 11.8 Å². The molecule has 1 saturated carbocycles. The third kappa shape index (κ3) is 1.14. The predicted molar refractivity (Wildman–Crippen MR) is 27.4 cm³/mol. The van der Waals surface area contributed by atoms with Crippen molar-refractivity contribution in [1.29, 1.82) is 0 Å². The lowest BCUT2D eigenvalue weighted by atomic mass is 10.4. The monoisotopic (exact) mass is 101 g/mol. The maximum absolute atomic E-state index is 4.83. The summed E-state index contributed by atoms with van der Waals surface area (Å²) in [7, 11) is 0. The molecular formula is C5H11NO. The van der Waals surface area contributed by atoms with Crippen LogP contribution in [0.5, 0.6) is 0 Å². The molecular weight excluding hydrogens is 90.1 g/mol. The molecule has 0 saturated heterocycles. The summed E-state index contributed by atoms with van der Waals surface area (Å²) in [6.07, 6.45) is 1.30. The van der Waals surface area contributed by atoms with E-state index in [0.717, 1.165) is 18.4 Å². The van der Waals surface area contributed by atoms with Gasteiger partial charge >= 0.3 is 0 Å². The minimum absolute atomic E-state index is 0.751. The van der Waals surface area contributed by atoms with Gasteiger partial charge in [-0.3, -0.25) is 0 Å². The Labute approximate surface area is 43.6 Å². The minimum atomic E-state index is 0.751. The van der Waals surface area contributed by atoms with Crippen molar-refractivity contribution in [3.63, 3.8) is 0 Å². The number of nitrogens with two attached hydrogens (primary N) is 1. The van der Waals surface area contributed by atoms with E-state index in [4.69, 9.17) is 5.90 Å². The Bertz CT molecular complexity index is 65.1. The first-order valence-electron chi connectivity index (χ1n) is 2.66. The van der Waals surface area contributed by atoms with Crippen LogP contribution in [0.25, 0.3) is 0 Å². The summed E-state index contributed by atoms with van der Waals surface area (Å²) in [4.78, 5) is 4.44. The summed E-state index contributed by atoms with van der Waals surface area (Å²) >= 11 is 0. The first kappa shape index (κ1) is 5.06. The van der Waals surface area contributed by atoms with Gasteiger partial charge in [0, 0.05) is 0 Å². The van der Waals surface area contributed by atoms with Crippen LogP contribution in [0, 0.1) is 11.8 Å². The molecule has 1 aliphatic carbocycles. The zero-order chi connectivity index (χ0) is 5.28. The van der Waals surface area contributed by atoms with E-state index in [-0.39, 0.29) is 0 Å². The van der Waals surface area contributed by atoms with E-state index >= 15 is 0 Å². The Morgan fingerprint density at radius 2 is 2.43 bits per heavy atom. The summed E-state index contributed by atoms with van der Waals surface area (Å²) in [6, 6.07) is 0. The summed E-state index contributed by atoms with van der Waals surface area (Å²) in [5.41, 5.74) is 0. The Hall–Kier alpha value is -0.0800. The molecule has 2 atom stereocenters. The van der Waals surface area contributed by atoms with Gasteiger partial charge in [0.05, 0.1) is 6.61 Å². The molecule has 0 amide bonds. The molecule has 0 aromatic carbocycles. The highest BCUT2D eigenvalue weighted by molar-refractivity contribution is 4.81. The molecule has 0 radical (unpaired) electrons. The first-order valence-corrected chi connectivity index (χ1v) is 2.66. The van der Waals surface area contributed by atoms with E-state index in [0.29, 0.717) is 0 Å². The van der Waals surface area contributed by atoms with Gasteiger partial charge in [-0.2, -0.15) is 0 Å². The molecule has 1 fully saturated rings. The van der Waals surface area contributed by atoms with Gasteiger partial charge in [0.2, 0.25) is 0 Å². The normalized spacial score (nSPS) is 38.6. The fourth-order valence-electron chi connectivity index (χ4n) is 0.755. The highest BCUT2D eigenvalue weighted by Crippen LogP contribution is 2.37. The maximum atomic E-state index is 4.83. The Balaban J connectivity index is 1.98. The third-order valence-corrected chi connectivity index (χ3v) is 1.59. The SMILES string of the molecule is CC1CC1CON. The molecule has 2 nitrogen and oxygen atoms in total. The zero-order valence-corrected chi connectivity index (χ0v) is 4.55. The van der Waals surface area contributed by atoms with Gasteiger partial charge in [-0.05, 0) is 18.3 Å². The lowest BCUT2D eigenvalue weighted by Crippen LogP contribution is -2.02. The molecule has 0 aliphatic heterocycles. The molecule has 0 bridgehead atoms. The van der Waals surface area contributed by atoms with E-state index in [1.807, 2.05) is 0 Å². The standard InChI is InChI=1S/C5H11NO/c1-4-2-5(4)3-7-6/h4-5H,2-3,6H2,1H3. The van der Waals surface area contributed by atoms with E-state index in [9.17, 15) is 0 Å². The van der Waals surface area contributed by atoms with Crippen LogP contribution in [-0.2, 0) is 4.84 Å². The fraction of sp³-hybridized carbons (Fsp3) is 1.00. The van der Waals surface area contributed by atoms with E-state index < -0.39 is 0 Å². The lowest BCUT2D eigenvalue weighted by molar-refractivity contribution is 0.124. The molecule has 2 heteroatoms. The van der Waals surface area contributed by atoms with Crippen molar-refractivity contribution in [2.24, 2.45) is 17.7 Å². The smallest absolute Gasteiger partial charge is 0.0710 e. The molecule has 0 aromatic rings. The van der Waals surface area contributed by atoms with Gasteiger partial charge in [0.1, 0.15) is 0 Å². The van der Waals surface area contributed by atoms with Crippen molar-refractivity contribution >= 4 is 0 Å². The first-order chi connectivity index (χ1) is 3.34. The van der Waals surface area contributed by atoms with Gasteiger partial charge < -0.3 is 4.84 Å². The van der Waals surface area contributed by atoms with Gasteiger partial charge in [0.25, 0.3) is 0 Å². The molecule has 2 N–H and O–H groups in total. The van der Waals surface area contributed by atoms with Crippen LogP contribution in [0.1, 0.15) is 13.3 Å². The molecule has 1 aliphatic rings. The molecule has 7 heavy (non-hydrogen) atoms. The zero-order valence-electron chi connectivity index (χ0n) is 4.55. The topological polar surface area (TPSA) is 35.2 Å². The van der Waals surface area contributed by atoms with Crippen LogP contribution in [-0.4, -0.2) is 6.61 Å². The van der Waals surface area contributed by atoms with Crippen molar-refractivity contribution in [3.8, 4) is 0 Å². The van der Waals surface area contributed by atoms with Crippen LogP contribution >= 0.6 is 0 Å². The Kier molecular flexibility index (Phi) is 1.30. The highest BCUT2D eigenvalue weighted by atomic mass is 16.6. The van der Waals surface area contributed by atoms with Crippen molar-refractivity contribution in [1.82, 2.24) is 0 Å². The summed E-state index contributed by atoms with van der Waals surface area (Å²) in [6.45, 7) is 2.96. The van der Waals surface area contributed by atoms with Crippen LogP contribution in [0.4, 0.5) is 0 Å². The van der Waals surface area contributed by atoms with Crippen molar-refractivity contribution in [2.45, 2.75) is 13.3 Å². The summed E-state index contributed by atoms with van der Waals surface area (Å²) in [5, 5.41) is 0. The molecule has 0 heterocycles. The lowest BCUT2D eigenvalue weighted by Gasteiger charge is -1.89. The average molecular weight is 101 g/mol. The summed E-state index contributed by atoms with van der Waals surface area (Å²) < 4.78 is 0. The van der Waals surface area contributed by atoms with Gasteiger partial charge in [0.15, 0.2) is 0 Å². The number of hydrogen-bond acceptors (Lipinski definition) is 2. The second-order valence-corrected chi connectivity index (χ2v) is 2.31. The number of hydrogen-bond donors (Lipinski definition) is 1. The third-order valence-electron chi connectivity index (χ3n) is 1.59. The quantitative estimate of drug-likeness (QED) is 0.515. The predicted octanol–water partition coefficient (Wildman–Crippen LogP) is 0.533. The molecule has 1 rings (SSSR count). The highest BCUT2D eigenvalue weighted by Gasteiger charge is 2.32. The molecule has 42 valence electrons. The van der Waals surface area contributed by atoms with E-state index in [1.165, 1.54) is 6.42 Å². The minimum Gasteiger partial charge on any atom is -0.304 e. The Morgan fingerprint density at radius 1 is 1.86 bits per heavy atom. The van der Waals surface area contributed by atoms with Crippen LogP contribution in [0.2, 0.25) is 0 Å². The molecule has 0 spiro atoms. The van der Waals surface area contributed by atoms with Crippen molar-refractivity contribution < 1.29 is 4.84 Å². The van der Waals surface area contributed by atoms with Gasteiger partial charge in [-0.15, -0.1) is 0 Å².